The second-order valence-corrected chi connectivity index (χ2v) is 4.18. The fourth-order valence-electron chi connectivity index (χ4n) is 1.76. The number of halogens is 1. The molecule has 4 heteroatoms. The summed E-state index contributed by atoms with van der Waals surface area (Å²) in [5.41, 5.74) is 1.98. The van der Waals surface area contributed by atoms with Gasteiger partial charge in [0.2, 0.25) is 0 Å². The fraction of sp³-hybridized carbons (Fsp3) is 0.300. The zero-order valence-corrected chi connectivity index (χ0v) is 9.04. The van der Waals surface area contributed by atoms with E-state index in [1.807, 2.05) is 18.2 Å². The summed E-state index contributed by atoms with van der Waals surface area (Å²) < 4.78 is 0.980. The molecule has 0 fully saturated rings. The molecule has 2 N–H and O–H groups in total. The number of hydrogen-bond acceptors (Lipinski definition) is 2. The van der Waals surface area contributed by atoms with Gasteiger partial charge in [-0.25, -0.2) is 0 Å². The SMILES string of the molecule is O=C(O)C1CNCc2c(Br)cccc21. The molecule has 3 nitrogen and oxygen atoms in total. The molecule has 0 aliphatic carbocycles. The van der Waals surface area contributed by atoms with Gasteiger partial charge in [0.25, 0.3) is 0 Å². The first-order valence-corrected chi connectivity index (χ1v) is 5.20. The van der Waals surface area contributed by atoms with Gasteiger partial charge in [-0.1, -0.05) is 28.1 Å². The van der Waals surface area contributed by atoms with E-state index in [2.05, 4.69) is 21.2 Å². The predicted octanol–water partition coefficient (Wildman–Crippen LogP) is 1.72. The van der Waals surface area contributed by atoms with Crippen LogP contribution in [0.2, 0.25) is 0 Å². The van der Waals surface area contributed by atoms with E-state index in [0.717, 1.165) is 22.1 Å². The van der Waals surface area contributed by atoms with Gasteiger partial charge in [-0.05, 0) is 17.2 Å². The maximum absolute atomic E-state index is 11.0. The second-order valence-electron chi connectivity index (χ2n) is 3.33. The van der Waals surface area contributed by atoms with Gasteiger partial charge in [-0.2, -0.15) is 0 Å². The minimum absolute atomic E-state index is 0.420. The third-order valence-electron chi connectivity index (χ3n) is 2.48. The summed E-state index contributed by atoms with van der Waals surface area (Å²) in [6, 6.07) is 5.70. The first kappa shape index (κ1) is 9.68. The molecule has 0 amide bonds. The molecule has 1 aliphatic heterocycles. The zero-order valence-electron chi connectivity index (χ0n) is 7.46. The number of aliphatic carboxylic acids is 1. The van der Waals surface area contributed by atoms with E-state index in [-0.39, 0.29) is 0 Å². The van der Waals surface area contributed by atoms with Gasteiger partial charge in [0.1, 0.15) is 0 Å². The molecule has 0 saturated carbocycles. The number of carboxylic acids is 1. The van der Waals surface area contributed by atoms with Crippen molar-refractivity contribution >= 4 is 21.9 Å². The van der Waals surface area contributed by atoms with E-state index in [1.54, 1.807) is 0 Å². The van der Waals surface area contributed by atoms with Crippen LogP contribution in [0.3, 0.4) is 0 Å². The summed E-state index contributed by atoms with van der Waals surface area (Å²) in [7, 11) is 0. The van der Waals surface area contributed by atoms with Crippen molar-refractivity contribution in [1.29, 1.82) is 0 Å². The topological polar surface area (TPSA) is 49.3 Å². The molecule has 0 spiro atoms. The van der Waals surface area contributed by atoms with Gasteiger partial charge >= 0.3 is 5.97 Å². The minimum atomic E-state index is -0.767. The van der Waals surface area contributed by atoms with Crippen LogP contribution < -0.4 is 5.32 Å². The summed E-state index contributed by atoms with van der Waals surface area (Å²) in [4.78, 5) is 11.0. The number of rotatable bonds is 1. The van der Waals surface area contributed by atoms with Crippen LogP contribution in [0.4, 0.5) is 0 Å². The van der Waals surface area contributed by atoms with E-state index >= 15 is 0 Å². The summed E-state index contributed by atoms with van der Waals surface area (Å²) in [6.45, 7) is 1.25. The molecule has 0 bridgehead atoms. The van der Waals surface area contributed by atoms with Crippen LogP contribution >= 0.6 is 15.9 Å². The van der Waals surface area contributed by atoms with Gasteiger partial charge in [-0.15, -0.1) is 0 Å². The van der Waals surface area contributed by atoms with Crippen LogP contribution in [0.1, 0.15) is 17.0 Å². The molecule has 1 heterocycles. The van der Waals surface area contributed by atoms with Crippen molar-refractivity contribution in [2.75, 3.05) is 6.54 Å². The maximum atomic E-state index is 11.0. The quantitative estimate of drug-likeness (QED) is 0.804. The van der Waals surface area contributed by atoms with Crippen molar-refractivity contribution in [1.82, 2.24) is 5.32 Å². The first-order valence-electron chi connectivity index (χ1n) is 4.41. The molecule has 1 unspecified atom stereocenters. The standard InChI is InChI=1S/C10H10BrNO2/c11-9-3-1-2-6-7(9)4-12-5-8(6)10(13)14/h1-3,8,12H,4-5H2,(H,13,14). The molecule has 1 aromatic carbocycles. The highest BCUT2D eigenvalue weighted by Gasteiger charge is 2.26. The highest BCUT2D eigenvalue weighted by molar-refractivity contribution is 9.10. The lowest BCUT2D eigenvalue weighted by atomic mass is 9.91. The van der Waals surface area contributed by atoms with Crippen LogP contribution in [-0.2, 0) is 11.3 Å². The molecule has 14 heavy (non-hydrogen) atoms. The lowest BCUT2D eigenvalue weighted by molar-refractivity contribution is -0.138. The van der Waals surface area contributed by atoms with Crippen molar-refractivity contribution < 1.29 is 9.90 Å². The highest BCUT2D eigenvalue weighted by Crippen LogP contribution is 2.29. The third-order valence-corrected chi connectivity index (χ3v) is 3.22. The van der Waals surface area contributed by atoms with E-state index in [0.29, 0.717) is 6.54 Å². The maximum Gasteiger partial charge on any atom is 0.312 e. The average molecular weight is 256 g/mol. The Morgan fingerprint density at radius 1 is 1.57 bits per heavy atom. The third kappa shape index (κ3) is 1.55. The Bertz CT molecular complexity index is 378. The van der Waals surface area contributed by atoms with Crippen molar-refractivity contribution in [2.45, 2.75) is 12.5 Å². The normalized spacial score (nSPS) is 20.2. The van der Waals surface area contributed by atoms with Gasteiger partial charge in [0, 0.05) is 17.6 Å². The Hall–Kier alpha value is -0.870. The summed E-state index contributed by atoms with van der Waals surface area (Å²) in [5, 5.41) is 12.1. The van der Waals surface area contributed by atoms with Crippen LogP contribution in [0.5, 0.6) is 0 Å². The minimum Gasteiger partial charge on any atom is -0.481 e. The summed E-state index contributed by atoms with van der Waals surface area (Å²) in [6.07, 6.45) is 0. The zero-order chi connectivity index (χ0) is 10.1. The summed E-state index contributed by atoms with van der Waals surface area (Å²) >= 11 is 3.43. The van der Waals surface area contributed by atoms with Gasteiger partial charge in [0.05, 0.1) is 5.92 Å². The molecular weight excluding hydrogens is 246 g/mol. The lowest BCUT2D eigenvalue weighted by Gasteiger charge is -2.24. The monoisotopic (exact) mass is 255 g/mol. The smallest absolute Gasteiger partial charge is 0.312 e. The molecule has 74 valence electrons. The van der Waals surface area contributed by atoms with Crippen molar-refractivity contribution in [3.63, 3.8) is 0 Å². The fourth-order valence-corrected chi connectivity index (χ4v) is 2.28. The number of nitrogens with one attached hydrogen (secondary N) is 1. The lowest BCUT2D eigenvalue weighted by Crippen LogP contribution is -2.32. The van der Waals surface area contributed by atoms with Crippen molar-refractivity contribution in [3.8, 4) is 0 Å². The molecule has 0 saturated heterocycles. The molecule has 1 aliphatic rings. The van der Waals surface area contributed by atoms with Gasteiger partial charge in [-0.3, -0.25) is 4.79 Å². The molecule has 2 rings (SSSR count). The molecule has 1 atom stereocenters. The van der Waals surface area contributed by atoms with E-state index in [4.69, 9.17) is 5.11 Å². The Kier molecular flexibility index (Phi) is 2.56. The van der Waals surface area contributed by atoms with Crippen LogP contribution in [-0.4, -0.2) is 17.6 Å². The number of carboxylic acid groups (broad SMARTS) is 1. The van der Waals surface area contributed by atoms with Crippen molar-refractivity contribution in [2.24, 2.45) is 0 Å². The second kappa shape index (κ2) is 3.71. The molecule has 1 aromatic rings. The van der Waals surface area contributed by atoms with Crippen LogP contribution in [0.15, 0.2) is 22.7 Å². The molecular formula is C10H10BrNO2. The molecule has 0 aromatic heterocycles. The summed E-state index contributed by atoms with van der Waals surface area (Å²) in [5.74, 6) is -1.19. The van der Waals surface area contributed by atoms with Gasteiger partial charge < -0.3 is 10.4 Å². The number of fused-ring (bicyclic) bond motifs is 1. The Labute approximate surface area is 90.3 Å². The largest absolute Gasteiger partial charge is 0.481 e. The van der Waals surface area contributed by atoms with Crippen LogP contribution in [0, 0.1) is 0 Å². The Morgan fingerprint density at radius 3 is 3.07 bits per heavy atom. The van der Waals surface area contributed by atoms with E-state index in [9.17, 15) is 4.79 Å². The highest BCUT2D eigenvalue weighted by atomic mass is 79.9. The Morgan fingerprint density at radius 2 is 2.36 bits per heavy atom. The molecule has 0 radical (unpaired) electrons. The average Bonchev–Trinajstić information content (AvgIpc) is 2.17. The Balaban J connectivity index is 2.49. The first-order chi connectivity index (χ1) is 6.70. The van der Waals surface area contributed by atoms with E-state index in [1.165, 1.54) is 0 Å². The number of hydrogen-bond donors (Lipinski definition) is 2. The van der Waals surface area contributed by atoms with Crippen molar-refractivity contribution in [3.05, 3.63) is 33.8 Å². The van der Waals surface area contributed by atoms with E-state index < -0.39 is 11.9 Å². The predicted molar refractivity (Wildman–Crippen MR) is 56.2 cm³/mol. The van der Waals surface area contributed by atoms with Gasteiger partial charge in [0.15, 0.2) is 0 Å². The number of carbonyl (C=O) groups is 1. The number of benzene rings is 1. The van der Waals surface area contributed by atoms with Crippen LogP contribution in [0.25, 0.3) is 0 Å².